The second kappa shape index (κ2) is 3.44. The van der Waals surface area contributed by atoms with Crippen molar-refractivity contribution < 1.29 is 4.39 Å². The van der Waals surface area contributed by atoms with Crippen LogP contribution in [0.1, 0.15) is 0 Å². The zero-order valence-corrected chi connectivity index (χ0v) is 9.87. The molecule has 0 atom stereocenters. The number of rotatable bonds is 0. The Morgan fingerprint density at radius 1 is 1.50 bits per heavy atom. The molecule has 1 nitrogen and oxygen atoms in total. The Morgan fingerprint density at radius 2 is 2.10 bits per heavy atom. The van der Waals surface area contributed by atoms with Gasteiger partial charge in [0.2, 0.25) is 0 Å². The van der Waals surface area contributed by atoms with Crippen molar-refractivity contribution in [3.05, 3.63) is 24.7 Å². The first-order valence-corrected chi connectivity index (χ1v) is 4.95. The van der Waals surface area contributed by atoms with E-state index in [4.69, 9.17) is 0 Å². The van der Waals surface area contributed by atoms with E-state index in [2.05, 4.69) is 36.8 Å². The highest BCUT2D eigenvalue weighted by Gasteiger charge is 2.05. The molecule has 0 amide bonds. The standard InChI is InChI=1S/C5HBr2FIN/c6-3-1-2(9)4(8)5(7)10-3/h1H. The van der Waals surface area contributed by atoms with Gasteiger partial charge in [-0.2, -0.15) is 0 Å². The summed E-state index contributed by atoms with van der Waals surface area (Å²) in [4.78, 5) is 3.79. The summed E-state index contributed by atoms with van der Waals surface area (Å²) in [6.45, 7) is 0. The van der Waals surface area contributed by atoms with Gasteiger partial charge in [0.1, 0.15) is 9.21 Å². The van der Waals surface area contributed by atoms with E-state index in [-0.39, 0.29) is 10.4 Å². The summed E-state index contributed by atoms with van der Waals surface area (Å²) in [6.07, 6.45) is 0. The van der Waals surface area contributed by atoms with Crippen molar-refractivity contribution in [2.45, 2.75) is 0 Å². The minimum atomic E-state index is -0.316. The van der Waals surface area contributed by atoms with Gasteiger partial charge in [-0.25, -0.2) is 9.37 Å². The molecule has 0 saturated heterocycles. The molecule has 1 aromatic rings. The Kier molecular flexibility index (Phi) is 3.05. The molecule has 0 saturated carbocycles. The molecule has 0 bridgehead atoms. The van der Waals surface area contributed by atoms with Crippen molar-refractivity contribution in [3.8, 4) is 0 Å². The average Bonchev–Trinajstić information content (AvgIpc) is 1.82. The van der Waals surface area contributed by atoms with Crippen LogP contribution in [-0.2, 0) is 0 Å². The molecule has 0 aliphatic heterocycles. The fourth-order valence-electron chi connectivity index (χ4n) is 0.442. The number of aromatic nitrogens is 1. The third-order valence-electron chi connectivity index (χ3n) is 0.842. The Morgan fingerprint density at radius 3 is 2.60 bits per heavy atom. The van der Waals surface area contributed by atoms with Crippen molar-refractivity contribution in [2.24, 2.45) is 0 Å². The van der Waals surface area contributed by atoms with Gasteiger partial charge in [0.15, 0.2) is 5.82 Å². The Balaban J connectivity index is 3.31. The Labute approximate surface area is 87.8 Å². The number of pyridine rings is 1. The van der Waals surface area contributed by atoms with E-state index in [0.29, 0.717) is 8.17 Å². The van der Waals surface area contributed by atoms with E-state index >= 15 is 0 Å². The molecular formula is C5HBr2FIN. The smallest absolute Gasteiger partial charge is 0.169 e. The molecule has 54 valence electrons. The Bertz CT molecular complexity index is 243. The molecule has 0 aliphatic carbocycles. The first-order valence-electron chi connectivity index (χ1n) is 2.28. The highest BCUT2D eigenvalue weighted by Crippen LogP contribution is 2.21. The quantitative estimate of drug-likeness (QED) is 0.497. The third kappa shape index (κ3) is 1.88. The monoisotopic (exact) mass is 379 g/mol. The molecule has 0 unspecified atom stereocenters. The molecule has 0 radical (unpaired) electrons. The second-order valence-electron chi connectivity index (χ2n) is 1.53. The van der Waals surface area contributed by atoms with Crippen molar-refractivity contribution in [3.63, 3.8) is 0 Å². The molecule has 10 heavy (non-hydrogen) atoms. The molecule has 0 fully saturated rings. The van der Waals surface area contributed by atoms with Crippen LogP contribution in [-0.4, -0.2) is 4.98 Å². The van der Waals surface area contributed by atoms with Crippen LogP contribution in [0.5, 0.6) is 0 Å². The summed E-state index contributed by atoms with van der Waals surface area (Å²) >= 11 is 8.01. The molecule has 1 aromatic heterocycles. The lowest BCUT2D eigenvalue weighted by molar-refractivity contribution is 0.604. The molecule has 1 rings (SSSR count). The summed E-state index contributed by atoms with van der Waals surface area (Å²) < 4.78 is 14.2. The number of nitrogens with zero attached hydrogens (tertiary/aromatic N) is 1. The molecule has 5 heteroatoms. The van der Waals surface area contributed by atoms with Crippen molar-refractivity contribution in [2.75, 3.05) is 0 Å². The minimum absolute atomic E-state index is 0.242. The van der Waals surface area contributed by atoms with Crippen LogP contribution in [0.3, 0.4) is 0 Å². The first-order chi connectivity index (χ1) is 4.61. The second-order valence-corrected chi connectivity index (χ2v) is 4.26. The van der Waals surface area contributed by atoms with Crippen molar-refractivity contribution in [1.82, 2.24) is 4.98 Å². The van der Waals surface area contributed by atoms with E-state index in [1.807, 2.05) is 22.6 Å². The lowest BCUT2D eigenvalue weighted by Gasteiger charge is -1.96. The lowest BCUT2D eigenvalue weighted by atomic mass is 10.5. The van der Waals surface area contributed by atoms with Crippen LogP contribution in [0.25, 0.3) is 0 Å². The maximum atomic E-state index is 12.8. The van der Waals surface area contributed by atoms with Crippen LogP contribution in [0.15, 0.2) is 15.3 Å². The van der Waals surface area contributed by atoms with Gasteiger partial charge in [-0.05, 0) is 60.5 Å². The molecule has 0 aliphatic rings. The van der Waals surface area contributed by atoms with Crippen molar-refractivity contribution in [1.29, 1.82) is 0 Å². The summed E-state index contributed by atoms with van der Waals surface area (Å²) in [6, 6.07) is 1.61. The van der Waals surface area contributed by atoms with Crippen LogP contribution >= 0.6 is 54.5 Å². The van der Waals surface area contributed by atoms with Crippen LogP contribution in [0, 0.1) is 9.39 Å². The summed E-state index contributed by atoms with van der Waals surface area (Å²) in [5.41, 5.74) is 0. The van der Waals surface area contributed by atoms with Crippen LogP contribution in [0.4, 0.5) is 4.39 Å². The fraction of sp³-hybridized carbons (Fsp3) is 0. The van der Waals surface area contributed by atoms with Gasteiger partial charge in [-0.15, -0.1) is 0 Å². The van der Waals surface area contributed by atoms with Gasteiger partial charge in [-0.3, -0.25) is 0 Å². The lowest BCUT2D eigenvalue weighted by Crippen LogP contribution is -1.87. The number of halogens is 4. The van der Waals surface area contributed by atoms with E-state index in [0.717, 1.165) is 0 Å². The minimum Gasteiger partial charge on any atom is -0.231 e. The van der Waals surface area contributed by atoms with Gasteiger partial charge < -0.3 is 0 Å². The maximum absolute atomic E-state index is 12.8. The summed E-state index contributed by atoms with van der Waals surface area (Å²) in [5.74, 6) is -0.316. The summed E-state index contributed by atoms with van der Waals surface area (Å²) in [7, 11) is 0. The SMILES string of the molecule is Fc1c(I)cc(Br)nc1Br. The third-order valence-corrected chi connectivity index (χ3v) is 2.56. The van der Waals surface area contributed by atoms with Gasteiger partial charge in [0.05, 0.1) is 3.57 Å². The molecular weight excluding hydrogens is 380 g/mol. The van der Waals surface area contributed by atoms with E-state index < -0.39 is 0 Å². The van der Waals surface area contributed by atoms with Gasteiger partial charge in [0, 0.05) is 0 Å². The fourth-order valence-corrected chi connectivity index (χ4v) is 2.84. The highest BCUT2D eigenvalue weighted by molar-refractivity contribution is 14.1. The molecule has 0 spiro atoms. The van der Waals surface area contributed by atoms with E-state index in [1.54, 1.807) is 6.07 Å². The van der Waals surface area contributed by atoms with Crippen LogP contribution in [0.2, 0.25) is 0 Å². The van der Waals surface area contributed by atoms with Gasteiger partial charge in [0.25, 0.3) is 0 Å². The zero-order valence-electron chi connectivity index (χ0n) is 4.54. The van der Waals surface area contributed by atoms with Gasteiger partial charge >= 0.3 is 0 Å². The molecule has 0 aromatic carbocycles. The van der Waals surface area contributed by atoms with Gasteiger partial charge in [-0.1, -0.05) is 0 Å². The molecule has 1 heterocycles. The normalized spacial score (nSPS) is 10.0. The first kappa shape index (κ1) is 8.86. The highest BCUT2D eigenvalue weighted by atomic mass is 127. The largest absolute Gasteiger partial charge is 0.231 e. The van der Waals surface area contributed by atoms with Crippen LogP contribution < -0.4 is 0 Å². The summed E-state index contributed by atoms with van der Waals surface area (Å²) in [5, 5.41) is 0. The number of hydrogen-bond acceptors (Lipinski definition) is 1. The predicted molar refractivity (Wildman–Crippen MR) is 52.3 cm³/mol. The molecule has 0 N–H and O–H groups in total. The van der Waals surface area contributed by atoms with E-state index in [9.17, 15) is 4.39 Å². The average molecular weight is 381 g/mol. The van der Waals surface area contributed by atoms with Crippen molar-refractivity contribution >= 4 is 54.5 Å². The zero-order chi connectivity index (χ0) is 7.72. The maximum Gasteiger partial charge on any atom is 0.169 e. The topological polar surface area (TPSA) is 12.9 Å². The number of hydrogen-bond donors (Lipinski definition) is 0. The Hall–Kier alpha value is 0.770. The predicted octanol–water partition coefficient (Wildman–Crippen LogP) is 3.35. The van der Waals surface area contributed by atoms with E-state index in [1.165, 1.54) is 0 Å².